The third-order valence-electron chi connectivity index (χ3n) is 6.59. The molecule has 1 aromatic heterocycles. The first kappa shape index (κ1) is 27.7. The minimum atomic E-state index is -4.48. The van der Waals surface area contributed by atoms with Gasteiger partial charge in [0.25, 0.3) is 5.56 Å². The molecule has 0 aromatic carbocycles. The molecule has 10 heteroatoms. The zero-order valence-electron chi connectivity index (χ0n) is 20.0. The third-order valence-corrected chi connectivity index (χ3v) is 8.76. The lowest BCUT2D eigenvalue weighted by atomic mass is 9.88. The number of halogens is 1. The Morgan fingerprint density at radius 2 is 1.91 bits per heavy atom. The second-order valence-corrected chi connectivity index (χ2v) is 11.0. The summed E-state index contributed by atoms with van der Waals surface area (Å²) < 4.78 is 39.6. The Morgan fingerprint density at radius 3 is 2.42 bits per heavy atom. The molecule has 1 fully saturated rings. The van der Waals surface area contributed by atoms with E-state index in [1.165, 1.54) is 13.0 Å². The molecule has 0 spiro atoms. The molecule has 6 atom stereocenters. The van der Waals surface area contributed by atoms with Crippen LogP contribution < -0.4 is 5.56 Å². The van der Waals surface area contributed by atoms with Gasteiger partial charge in [-0.25, -0.2) is 4.39 Å². The number of aliphatic hydroxyl groups is 2. The quantitative estimate of drug-likeness (QED) is 0.310. The summed E-state index contributed by atoms with van der Waals surface area (Å²) in [5.74, 6) is 5.41. The molecule has 0 amide bonds. The number of nitrogens with one attached hydrogen (secondary N) is 1. The van der Waals surface area contributed by atoms with Crippen molar-refractivity contribution >= 4 is 7.60 Å². The molecule has 1 aliphatic rings. The monoisotopic (exact) mass is 487 g/mol. The van der Waals surface area contributed by atoms with Crippen LogP contribution in [0.1, 0.15) is 83.2 Å². The molecular formula is C23H35FNO7P. The largest absolute Gasteiger partial charge is 0.387 e. The van der Waals surface area contributed by atoms with E-state index in [0.29, 0.717) is 11.1 Å². The van der Waals surface area contributed by atoms with Crippen LogP contribution in [-0.4, -0.2) is 49.4 Å². The standard InChI is InChI=1S/C23H35FNO7P/c1-7-11-16-15(12-14(5)21(27)25-16)20-18(24)19(26)17(31-20)13-23(9-3,10-4)32-33(29,30)22(6,28)8-2/h12,17-20,26,28H,8-10,13H2,1-6H3,(H,25,27)(H,29,30). The van der Waals surface area contributed by atoms with Gasteiger partial charge in [-0.05, 0) is 52.0 Å². The first-order valence-electron chi connectivity index (χ1n) is 11.2. The molecular weight excluding hydrogens is 452 g/mol. The Kier molecular flexibility index (Phi) is 8.72. The van der Waals surface area contributed by atoms with Gasteiger partial charge < -0.3 is 24.8 Å². The first-order chi connectivity index (χ1) is 15.3. The van der Waals surface area contributed by atoms with E-state index in [9.17, 15) is 24.5 Å². The summed E-state index contributed by atoms with van der Waals surface area (Å²) in [4.78, 5) is 25.1. The molecule has 0 radical (unpaired) electrons. The van der Waals surface area contributed by atoms with Crippen LogP contribution in [0, 0.1) is 18.8 Å². The average Bonchev–Trinajstić information content (AvgIpc) is 3.03. The van der Waals surface area contributed by atoms with E-state index in [-0.39, 0.29) is 36.9 Å². The van der Waals surface area contributed by atoms with Gasteiger partial charge in [-0.15, -0.1) is 0 Å². The minimum Gasteiger partial charge on any atom is -0.387 e. The number of aryl methyl sites for hydroxylation is 1. The number of pyridine rings is 1. The lowest BCUT2D eigenvalue weighted by Crippen LogP contribution is -2.41. The van der Waals surface area contributed by atoms with Crippen LogP contribution in [0.5, 0.6) is 0 Å². The summed E-state index contributed by atoms with van der Waals surface area (Å²) in [6, 6.07) is 1.49. The SMILES string of the molecule is CC#Cc1[nH]c(=O)c(C)cc1C1OC(CC(CC)(CC)OP(=O)(O)C(C)(O)CC)C(O)C1F. The molecule has 1 aliphatic heterocycles. The number of alkyl halides is 1. The van der Waals surface area contributed by atoms with Crippen LogP contribution in [0.15, 0.2) is 10.9 Å². The lowest BCUT2D eigenvalue weighted by Gasteiger charge is -2.39. The van der Waals surface area contributed by atoms with Crippen LogP contribution in [0.25, 0.3) is 0 Å². The van der Waals surface area contributed by atoms with Gasteiger partial charge >= 0.3 is 7.60 Å². The summed E-state index contributed by atoms with van der Waals surface area (Å²) in [6.45, 7) is 9.44. The van der Waals surface area contributed by atoms with Crippen molar-refractivity contribution in [2.45, 2.75) is 103 Å². The number of hydrogen-bond acceptors (Lipinski definition) is 6. The summed E-state index contributed by atoms with van der Waals surface area (Å²) in [7, 11) is -4.48. The van der Waals surface area contributed by atoms with Crippen molar-refractivity contribution in [3.8, 4) is 11.8 Å². The van der Waals surface area contributed by atoms with Crippen molar-refractivity contribution in [1.82, 2.24) is 4.98 Å². The second-order valence-electron chi connectivity index (χ2n) is 8.79. The van der Waals surface area contributed by atoms with E-state index >= 15 is 4.39 Å². The molecule has 1 aromatic rings. The van der Waals surface area contributed by atoms with Crippen molar-refractivity contribution in [2.75, 3.05) is 0 Å². The smallest absolute Gasteiger partial charge is 0.359 e. The van der Waals surface area contributed by atoms with Gasteiger partial charge in [-0.3, -0.25) is 13.9 Å². The van der Waals surface area contributed by atoms with Crippen LogP contribution in [0.2, 0.25) is 0 Å². The normalized spacial score (nSPS) is 26.8. The molecule has 186 valence electrons. The van der Waals surface area contributed by atoms with E-state index in [1.54, 1.807) is 34.6 Å². The first-order valence-corrected chi connectivity index (χ1v) is 12.8. The number of rotatable bonds is 9. The predicted molar refractivity (Wildman–Crippen MR) is 123 cm³/mol. The molecule has 4 N–H and O–H groups in total. The van der Waals surface area contributed by atoms with Crippen molar-refractivity contribution in [3.05, 3.63) is 33.2 Å². The van der Waals surface area contributed by atoms with E-state index in [0.717, 1.165) is 0 Å². The maximum atomic E-state index is 15.2. The predicted octanol–water partition coefficient (Wildman–Crippen LogP) is 3.46. The Balaban J connectivity index is 2.39. The molecule has 2 heterocycles. The Hall–Kier alpha value is -1.53. The van der Waals surface area contributed by atoms with Crippen LogP contribution in [0.3, 0.4) is 0 Å². The number of aromatic nitrogens is 1. The molecule has 0 saturated carbocycles. The van der Waals surface area contributed by atoms with Gasteiger partial charge in [0.1, 0.15) is 12.2 Å². The fourth-order valence-electron chi connectivity index (χ4n) is 3.88. The lowest BCUT2D eigenvalue weighted by molar-refractivity contribution is -0.0618. The molecule has 0 bridgehead atoms. The fourth-order valence-corrected chi connectivity index (χ4v) is 5.34. The molecule has 6 unspecified atom stereocenters. The highest BCUT2D eigenvalue weighted by Crippen LogP contribution is 2.59. The Labute approximate surface area is 194 Å². The topological polar surface area (TPSA) is 129 Å². The van der Waals surface area contributed by atoms with Gasteiger partial charge in [0.2, 0.25) is 0 Å². The highest BCUT2D eigenvalue weighted by atomic mass is 31.2. The zero-order chi connectivity index (χ0) is 25.2. The number of aromatic amines is 1. The van der Waals surface area contributed by atoms with E-state index in [4.69, 9.17) is 9.26 Å². The summed E-state index contributed by atoms with van der Waals surface area (Å²) in [6.07, 6.45) is -5.13. The van der Waals surface area contributed by atoms with E-state index < -0.39 is 43.0 Å². The van der Waals surface area contributed by atoms with Gasteiger partial charge in [0.15, 0.2) is 11.5 Å². The summed E-state index contributed by atoms with van der Waals surface area (Å²) >= 11 is 0. The third kappa shape index (κ3) is 5.59. The summed E-state index contributed by atoms with van der Waals surface area (Å²) in [5.41, 5.74) is -0.717. The van der Waals surface area contributed by atoms with Gasteiger partial charge in [-0.2, -0.15) is 0 Å². The van der Waals surface area contributed by atoms with Gasteiger partial charge in [0, 0.05) is 17.5 Å². The Morgan fingerprint density at radius 1 is 1.30 bits per heavy atom. The number of ether oxygens (including phenoxy) is 1. The molecule has 33 heavy (non-hydrogen) atoms. The molecule has 2 rings (SSSR count). The number of aliphatic hydroxyl groups excluding tert-OH is 1. The maximum Gasteiger partial charge on any atom is 0.359 e. The van der Waals surface area contributed by atoms with Crippen LogP contribution in [-0.2, 0) is 13.8 Å². The van der Waals surface area contributed by atoms with Crippen LogP contribution >= 0.6 is 7.60 Å². The fraction of sp³-hybridized carbons (Fsp3) is 0.696. The van der Waals surface area contributed by atoms with Gasteiger partial charge in [-0.1, -0.05) is 26.7 Å². The second kappa shape index (κ2) is 10.4. The zero-order valence-corrected chi connectivity index (χ0v) is 20.9. The Bertz CT molecular complexity index is 1010. The number of H-pyrrole nitrogens is 1. The highest BCUT2D eigenvalue weighted by molar-refractivity contribution is 7.54. The van der Waals surface area contributed by atoms with E-state index in [2.05, 4.69) is 16.8 Å². The molecule has 0 aliphatic carbocycles. The number of hydrogen-bond donors (Lipinski definition) is 4. The van der Waals surface area contributed by atoms with Crippen molar-refractivity contribution in [1.29, 1.82) is 0 Å². The average molecular weight is 488 g/mol. The van der Waals surface area contributed by atoms with Crippen molar-refractivity contribution < 1.29 is 33.3 Å². The highest BCUT2D eigenvalue weighted by Gasteiger charge is 2.52. The van der Waals surface area contributed by atoms with Crippen molar-refractivity contribution in [2.24, 2.45) is 0 Å². The minimum absolute atomic E-state index is 0.00568. The molecule has 8 nitrogen and oxygen atoms in total. The molecule has 1 saturated heterocycles. The van der Waals surface area contributed by atoms with Crippen LogP contribution in [0.4, 0.5) is 4.39 Å². The van der Waals surface area contributed by atoms with Crippen molar-refractivity contribution in [3.63, 3.8) is 0 Å². The maximum absolute atomic E-state index is 15.2. The van der Waals surface area contributed by atoms with Gasteiger partial charge in [0.05, 0.1) is 17.4 Å². The summed E-state index contributed by atoms with van der Waals surface area (Å²) in [5, 5.41) is 19.1. The van der Waals surface area contributed by atoms with E-state index in [1.807, 2.05) is 0 Å².